The zero-order chi connectivity index (χ0) is 28.0. The number of benzene rings is 2. The highest BCUT2D eigenvalue weighted by Crippen LogP contribution is 2.45. The van der Waals surface area contributed by atoms with Crippen molar-refractivity contribution in [1.29, 1.82) is 0 Å². The molecule has 2 unspecified atom stereocenters. The normalized spacial score (nSPS) is 19.8. The Morgan fingerprint density at radius 2 is 1.73 bits per heavy atom. The molecule has 0 amide bonds. The van der Waals surface area contributed by atoms with E-state index in [9.17, 15) is 0 Å². The lowest BCUT2D eigenvalue weighted by atomic mass is 9.96. The van der Waals surface area contributed by atoms with Gasteiger partial charge in [-0.2, -0.15) is 0 Å². The predicted octanol–water partition coefficient (Wildman–Crippen LogP) is 8.32. The number of thiocarbonyl (C=S) groups is 1. The second-order valence-electron chi connectivity index (χ2n) is 10.9. The molecule has 8 heteroatoms. The van der Waals surface area contributed by atoms with Gasteiger partial charge in [-0.3, -0.25) is 4.98 Å². The van der Waals surface area contributed by atoms with Gasteiger partial charge >= 0.3 is 0 Å². The van der Waals surface area contributed by atoms with Crippen LogP contribution < -0.4 is 15.1 Å². The molecule has 2 aliphatic heterocycles. The Labute approximate surface area is 255 Å². The van der Waals surface area contributed by atoms with E-state index in [-0.39, 0.29) is 12.1 Å². The van der Waals surface area contributed by atoms with Crippen LogP contribution in [0.5, 0.6) is 0 Å². The summed E-state index contributed by atoms with van der Waals surface area (Å²) in [4.78, 5) is 9.36. The number of hydrogen-bond acceptors (Lipinski definition) is 3. The largest absolute Gasteiger partial charge is 0.370 e. The number of piperidine rings is 1. The van der Waals surface area contributed by atoms with Crippen molar-refractivity contribution in [2.45, 2.75) is 45.7 Å². The minimum absolute atomic E-state index is 0.109. The molecule has 2 aromatic carbocycles. The summed E-state index contributed by atoms with van der Waals surface area (Å²) in [5, 5.41) is 5.03. The first-order valence-corrected chi connectivity index (χ1v) is 15.4. The van der Waals surface area contributed by atoms with Crippen LogP contribution in [0.3, 0.4) is 0 Å². The molecule has 206 valence electrons. The Balaban J connectivity index is 1.45. The van der Waals surface area contributed by atoms with Crippen LogP contribution >= 0.6 is 39.7 Å². The third-order valence-electron chi connectivity index (χ3n) is 8.31. The van der Waals surface area contributed by atoms with Crippen LogP contribution in [0.4, 0.5) is 11.4 Å². The number of aromatic nitrogens is 2. The molecule has 0 aliphatic carbocycles. The van der Waals surface area contributed by atoms with E-state index in [1.165, 1.54) is 18.4 Å². The molecule has 2 atom stereocenters. The van der Waals surface area contributed by atoms with E-state index in [1.807, 2.05) is 24.4 Å². The van der Waals surface area contributed by atoms with Crippen molar-refractivity contribution < 1.29 is 0 Å². The molecule has 2 aromatic heterocycles. The summed E-state index contributed by atoms with van der Waals surface area (Å²) in [5.41, 5.74) is 7.66. The number of pyridine rings is 1. The van der Waals surface area contributed by atoms with Gasteiger partial charge in [0.05, 0.1) is 34.2 Å². The van der Waals surface area contributed by atoms with Gasteiger partial charge in [0, 0.05) is 40.8 Å². The fraction of sp³-hybridized carbons (Fsp3) is 0.312. The van der Waals surface area contributed by atoms with E-state index in [4.69, 9.17) is 28.8 Å². The van der Waals surface area contributed by atoms with Gasteiger partial charge in [-0.05, 0) is 115 Å². The molecule has 2 saturated heterocycles. The third-order valence-corrected chi connectivity index (χ3v) is 9.60. The standard InChI is InChI=1S/C32H33BrClN5S/c1-20-13-16-37(17-14-20)29-12-11-23(19-26(29)34)39-31(30(36-32(39)40)27-9-6-7-15-35-27)24-18-21(2)38(22(24)3)28-10-5-4-8-25(28)33/h4-12,15,18-20,30-31H,13-14,16-17H2,1-3H3,(H,36,40). The van der Waals surface area contributed by atoms with Gasteiger partial charge in [-0.25, -0.2) is 0 Å². The van der Waals surface area contributed by atoms with Crippen molar-refractivity contribution >= 4 is 56.2 Å². The Morgan fingerprint density at radius 3 is 2.42 bits per heavy atom. The van der Waals surface area contributed by atoms with Crippen LogP contribution in [0.2, 0.25) is 5.02 Å². The fourth-order valence-corrected chi connectivity index (χ4v) is 7.29. The maximum absolute atomic E-state index is 6.98. The minimum atomic E-state index is -0.121. The highest BCUT2D eigenvalue weighted by atomic mass is 79.9. The van der Waals surface area contributed by atoms with Crippen LogP contribution in [-0.4, -0.2) is 27.8 Å². The summed E-state index contributed by atoms with van der Waals surface area (Å²) in [6, 6.07) is 22.8. The van der Waals surface area contributed by atoms with Crippen LogP contribution in [0.15, 0.2) is 77.4 Å². The molecule has 0 saturated carbocycles. The minimum Gasteiger partial charge on any atom is -0.370 e. The molecule has 1 N–H and O–H groups in total. The van der Waals surface area contributed by atoms with Gasteiger partial charge in [0.1, 0.15) is 0 Å². The molecule has 2 fully saturated rings. The number of rotatable bonds is 5. The average molecular weight is 635 g/mol. The van der Waals surface area contributed by atoms with E-state index in [1.54, 1.807) is 0 Å². The van der Waals surface area contributed by atoms with Gasteiger partial charge in [0.25, 0.3) is 0 Å². The van der Waals surface area contributed by atoms with E-state index in [0.717, 1.165) is 62.6 Å². The first-order chi connectivity index (χ1) is 19.3. The highest BCUT2D eigenvalue weighted by Gasteiger charge is 2.42. The van der Waals surface area contributed by atoms with Crippen molar-refractivity contribution in [3.63, 3.8) is 0 Å². The molecule has 40 heavy (non-hydrogen) atoms. The van der Waals surface area contributed by atoms with E-state index in [0.29, 0.717) is 5.11 Å². The average Bonchev–Trinajstić information content (AvgIpc) is 3.45. The summed E-state index contributed by atoms with van der Waals surface area (Å²) in [5.74, 6) is 0.766. The number of para-hydroxylation sites is 1. The van der Waals surface area contributed by atoms with Crippen molar-refractivity contribution in [1.82, 2.24) is 14.9 Å². The smallest absolute Gasteiger partial charge is 0.174 e. The molecular weight excluding hydrogens is 602 g/mol. The Morgan fingerprint density at radius 1 is 0.975 bits per heavy atom. The molecule has 0 spiro atoms. The summed E-state index contributed by atoms with van der Waals surface area (Å²) >= 11 is 16.7. The lowest BCUT2D eigenvalue weighted by Crippen LogP contribution is -2.33. The number of nitrogens with one attached hydrogen (secondary N) is 1. The van der Waals surface area contributed by atoms with Gasteiger partial charge in [0.15, 0.2) is 5.11 Å². The molecule has 2 aliphatic rings. The zero-order valence-electron chi connectivity index (χ0n) is 22.9. The summed E-state index contributed by atoms with van der Waals surface area (Å²) in [7, 11) is 0. The maximum atomic E-state index is 6.98. The summed E-state index contributed by atoms with van der Waals surface area (Å²) in [6.07, 6.45) is 4.23. The molecule has 0 bridgehead atoms. The van der Waals surface area contributed by atoms with E-state index in [2.05, 4.69) is 105 Å². The summed E-state index contributed by atoms with van der Waals surface area (Å²) < 4.78 is 3.36. The maximum Gasteiger partial charge on any atom is 0.174 e. The summed E-state index contributed by atoms with van der Waals surface area (Å²) in [6.45, 7) is 8.74. The second kappa shape index (κ2) is 11.2. The monoisotopic (exact) mass is 633 g/mol. The number of hydrogen-bond donors (Lipinski definition) is 1. The number of nitrogens with zero attached hydrogens (tertiary/aromatic N) is 4. The fourth-order valence-electron chi connectivity index (χ4n) is 6.19. The number of aryl methyl sites for hydroxylation is 1. The molecule has 5 nitrogen and oxygen atoms in total. The second-order valence-corrected chi connectivity index (χ2v) is 12.6. The predicted molar refractivity (Wildman–Crippen MR) is 173 cm³/mol. The molecular formula is C32H33BrClN5S. The number of anilines is 2. The Bertz CT molecular complexity index is 1550. The van der Waals surface area contributed by atoms with Crippen LogP contribution in [0, 0.1) is 19.8 Å². The highest BCUT2D eigenvalue weighted by molar-refractivity contribution is 9.10. The van der Waals surface area contributed by atoms with Gasteiger partial charge in [0.2, 0.25) is 0 Å². The SMILES string of the molecule is Cc1cc(C2C(c3ccccn3)NC(=S)N2c2ccc(N3CCC(C)CC3)c(Cl)c2)c(C)n1-c1ccccc1Br. The Hall–Kier alpha value is -2.87. The lowest BCUT2D eigenvalue weighted by molar-refractivity contribution is 0.438. The van der Waals surface area contributed by atoms with Crippen molar-refractivity contribution in [2.24, 2.45) is 5.92 Å². The van der Waals surface area contributed by atoms with Crippen LogP contribution in [-0.2, 0) is 0 Å². The van der Waals surface area contributed by atoms with Crippen molar-refractivity contribution in [3.05, 3.63) is 105 Å². The van der Waals surface area contributed by atoms with Gasteiger partial charge < -0.3 is 19.7 Å². The third kappa shape index (κ3) is 4.93. The Kier molecular flexibility index (Phi) is 7.64. The number of halogens is 2. The lowest BCUT2D eigenvalue weighted by Gasteiger charge is -2.33. The van der Waals surface area contributed by atoms with Crippen LogP contribution in [0.1, 0.15) is 54.5 Å². The molecule has 0 radical (unpaired) electrons. The van der Waals surface area contributed by atoms with Crippen molar-refractivity contribution in [3.8, 4) is 5.69 Å². The van der Waals surface area contributed by atoms with Gasteiger partial charge in [-0.1, -0.05) is 36.7 Å². The molecule has 4 aromatic rings. The van der Waals surface area contributed by atoms with E-state index >= 15 is 0 Å². The van der Waals surface area contributed by atoms with Crippen LogP contribution in [0.25, 0.3) is 5.69 Å². The quantitative estimate of drug-likeness (QED) is 0.224. The molecule has 6 rings (SSSR count). The topological polar surface area (TPSA) is 36.3 Å². The first-order valence-electron chi connectivity index (χ1n) is 13.8. The van der Waals surface area contributed by atoms with E-state index < -0.39 is 0 Å². The first kappa shape index (κ1) is 27.3. The van der Waals surface area contributed by atoms with Gasteiger partial charge in [-0.15, -0.1) is 0 Å². The zero-order valence-corrected chi connectivity index (χ0v) is 26.1. The van der Waals surface area contributed by atoms with Crippen molar-refractivity contribution in [2.75, 3.05) is 22.9 Å². The molecule has 4 heterocycles.